The van der Waals surface area contributed by atoms with Gasteiger partial charge in [0, 0.05) is 0 Å². The molecule has 0 aliphatic heterocycles. The van der Waals surface area contributed by atoms with Gasteiger partial charge < -0.3 is 0 Å². The van der Waals surface area contributed by atoms with Crippen molar-refractivity contribution in [3.05, 3.63) is 33.2 Å². The lowest BCUT2D eigenvalue weighted by Gasteiger charge is -2.33. The molecule has 0 unspecified atom stereocenters. The van der Waals surface area contributed by atoms with Gasteiger partial charge in [0.15, 0.2) is 0 Å². The van der Waals surface area contributed by atoms with E-state index in [-0.39, 0.29) is 16.6 Å². The van der Waals surface area contributed by atoms with E-state index in [0.29, 0.717) is 0 Å². The lowest BCUT2D eigenvalue weighted by Crippen LogP contribution is -2.60. The molecule has 2 nitrogen and oxygen atoms in total. The standard InChI is InChI=1S/C13H6F9IN2/c1-5-3-2-4-6-7(5)25-8(9(23)24-6)10(14,15)11(16,17)12(18,19)13(20,21)22/h2-4H,1H3. The summed E-state index contributed by atoms with van der Waals surface area (Å²) in [6.45, 7) is 1.36. The van der Waals surface area contributed by atoms with Crippen LogP contribution in [-0.2, 0) is 5.92 Å². The number of para-hydroxylation sites is 1. The largest absolute Gasteiger partial charge is 0.460 e. The molecule has 0 saturated carbocycles. The first kappa shape index (κ1) is 20.0. The zero-order valence-corrected chi connectivity index (χ0v) is 14.1. The summed E-state index contributed by atoms with van der Waals surface area (Å²) in [7, 11) is 0. The van der Waals surface area contributed by atoms with Crippen LogP contribution >= 0.6 is 22.6 Å². The van der Waals surface area contributed by atoms with Crippen LogP contribution in [0, 0.1) is 10.6 Å². The van der Waals surface area contributed by atoms with Crippen molar-refractivity contribution >= 4 is 33.6 Å². The van der Waals surface area contributed by atoms with Crippen molar-refractivity contribution in [1.82, 2.24) is 9.97 Å². The Balaban J connectivity index is 2.73. The predicted molar refractivity (Wildman–Crippen MR) is 76.8 cm³/mol. The van der Waals surface area contributed by atoms with Crippen LogP contribution in [0.3, 0.4) is 0 Å². The van der Waals surface area contributed by atoms with Crippen molar-refractivity contribution in [3.8, 4) is 0 Å². The molecule has 138 valence electrons. The average molecular weight is 488 g/mol. The van der Waals surface area contributed by atoms with Crippen molar-refractivity contribution < 1.29 is 39.5 Å². The minimum Gasteiger partial charge on any atom is -0.242 e. The molecule has 0 aliphatic carbocycles. The van der Waals surface area contributed by atoms with Gasteiger partial charge in [-0.1, -0.05) is 12.1 Å². The second-order valence-electron chi connectivity index (χ2n) is 5.03. The Labute approximate surface area is 147 Å². The van der Waals surface area contributed by atoms with Gasteiger partial charge in [0.2, 0.25) is 0 Å². The average Bonchev–Trinajstić information content (AvgIpc) is 2.45. The van der Waals surface area contributed by atoms with Crippen molar-refractivity contribution in [1.29, 1.82) is 0 Å². The lowest BCUT2D eigenvalue weighted by molar-refractivity contribution is -0.400. The molecule has 1 aromatic heterocycles. The summed E-state index contributed by atoms with van der Waals surface area (Å²) in [5.74, 6) is -19.7. The minimum absolute atomic E-state index is 0.00477. The minimum atomic E-state index is -6.98. The van der Waals surface area contributed by atoms with Gasteiger partial charge in [0.05, 0.1) is 11.0 Å². The number of alkyl halides is 9. The first-order valence-corrected chi connectivity index (χ1v) is 7.36. The predicted octanol–water partition coefficient (Wildman–Crippen LogP) is 5.47. The Kier molecular flexibility index (Phi) is 4.67. The van der Waals surface area contributed by atoms with Crippen molar-refractivity contribution in [2.45, 2.75) is 30.9 Å². The molecule has 0 bridgehead atoms. The van der Waals surface area contributed by atoms with Crippen LogP contribution < -0.4 is 0 Å². The van der Waals surface area contributed by atoms with E-state index in [1.165, 1.54) is 25.1 Å². The van der Waals surface area contributed by atoms with E-state index >= 15 is 0 Å². The second kappa shape index (κ2) is 5.84. The SMILES string of the molecule is Cc1cccc2nc(I)c(C(F)(F)C(F)(F)C(F)(F)C(F)(F)F)nc12. The third-order valence-corrected chi connectivity index (χ3v) is 4.05. The molecular weight excluding hydrogens is 482 g/mol. The Bertz CT molecular complexity index is 817. The number of benzene rings is 1. The zero-order chi connectivity index (χ0) is 19.4. The van der Waals surface area contributed by atoms with Gasteiger partial charge >= 0.3 is 23.9 Å². The lowest BCUT2D eigenvalue weighted by atomic mass is 10.0. The van der Waals surface area contributed by atoms with Crippen LogP contribution in [0.2, 0.25) is 0 Å². The van der Waals surface area contributed by atoms with E-state index in [4.69, 9.17) is 0 Å². The van der Waals surface area contributed by atoms with E-state index in [1.807, 2.05) is 0 Å². The molecule has 2 aromatic rings. The number of hydrogen-bond acceptors (Lipinski definition) is 2. The van der Waals surface area contributed by atoms with Crippen LogP contribution in [0.1, 0.15) is 11.3 Å². The molecule has 0 atom stereocenters. The van der Waals surface area contributed by atoms with Gasteiger partial charge in [-0.25, -0.2) is 9.97 Å². The van der Waals surface area contributed by atoms with E-state index in [9.17, 15) is 39.5 Å². The number of aromatic nitrogens is 2. The Morgan fingerprint density at radius 2 is 1.40 bits per heavy atom. The Morgan fingerprint density at radius 3 is 1.92 bits per heavy atom. The molecule has 12 heteroatoms. The Morgan fingerprint density at radius 1 is 0.840 bits per heavy atom. The van der Waals surface area contributed by atoms with Crippen LogP contribution in [0.4, 0.5) is 39.5 Å². The zero-order valence-electron chi connectivity index (χ0n) is 11.9. The molecule has 0 fully saturated rings. The van der Waals surface area contributed by atoms with E-state index < -0.39 is 33.3 Å². The highest BCUT2D eigenvalue weighted by atomic mass is 127. The highest BCUT2D eigenvalue weighted by molar-refractivity contribution is 14.1. The normalized spacial score (nSPS) is 14.2. The van der Waals surface area contributed by atoms with Crippen molar-refractivity contribution in [2.75, 3.05) is 0 Å². The van der Waals surface area contributed by atoms with Gasteiger partial charge in [-0.05, 0) is 41.1 Å². The smallest absolute Gasteiger partial charge is 0.242 e. The summed E-state index contributed by atoms with van der Waals surface area (Å²) in [5.41, 5.74) is -2.08. The first-order valence-electron chi connectivity index (χ1n) is 6.28. The third-order valence-electron chi connectivity index (χ3n) is 3.30. The highest BCUT2D eigenvalue weighted by Gasteiger charge is 2.82. The Hall–Kier alpha value is -1.34. The molecule has 0 N–H and O–H groups in total. The van der Waals surface area contributed by atoms with E-state index in [2.05, 4.69) is 9.97 Å². The molecule has 0 radical (unpaired) electrons. The van der Waals surface area contributed by atoms with Gasteiger partial charge in [-0.3, -0.25) is 0 Å². The summed E-state index contributed by atoms with van der Waals surface area (Å²) in [5, 5.41) is 0. The van der Waals surface area contributed by atoms with Crippen LogP contribution in [-0.4, -0.2) is 28.0 Å². The summed E-state index contributed by atoms with van der Waals surface area (Å²) in [6.07, 6.45) is -6.88. The molecular formula is C13H6F9IN2. The molecule has 0 spiro atoms. The molecule has 0 aliphatic rings. The summed E-state index contributed by atoms with van der Waals surface area (Å²) < 4.78 is 117. The number of halogens is 10. The highest BCUT2D eigenvalue weighted by Crippen LogP contribution is 2.56. The number of fused-ring (bicyclic) bond motifs is 1. The molecule has 2 rings (SSSR count). The molecule has 1 aromatic carbocycles. The fraction of sp³-hybridized carbons (Fsp3) is 0.385. The number of rotatable bonds is 3. The van der Waals surface area contributed by atoms with E-state index in [1.54, 1.807) is 0 Å². The van der Waals surface area contributed by atoms with Crippen molar-refractivity contribution in [3.63, 3.8) is 0 Å². The van der Waals surface area contributed by atoms with Crippen LogP contribution in [0.15, 0.2) is 18.2 Å². The second-order valence-corrected chi connectivity index (χ2v) is 6.05. The topological polar surface area (TPSA) is 25.8 Å². The van der Waals surface area contributed by atoms with Gasteiger partial charge in [0.1, 0.15) is 9.39 Å². The monoisotopic (exact) mass is 488 g/mol. The molecule has 1 heterocycles. The maximum atomic E-state index is 14.0. The summed E-state index contributed by atoms with van der Waals surface area (Å²) >= 11 is 1.02. The molecule has 0 amide bonds. The van der Waals surface area contributed by atoms with Gasteiger partial charge in [-0.15, -0.1) is 0 Å². The van der Waals surface area contributed by atoms with Gasteiger partial charge in [0.25, 0.3) is 0 Å². The molecule has 0 saturated heterocycles. The quantitative estimate of drug-likeness (QED) is 0.424. The molecule has 25 heavy (non-hydrogen) atoms. The third kappa shape index (κ3) is 2.91. The maximum Gasteiger partial charge on any atom is 0.460 e. The summed E-state index contributed by atoms with van der Waals surface area (Å²) in [4.78, 5) is 6.75. The number of aryl methyl sites for hydroxylation is 1. The van der Waals surface area contributed by atoms with E-state index in [0.717, 1.165) is 22.6 Å². The fourth-order valence-electron chi connectivity index (χ4n) is 1.92. The number of hydrogen-bond donors (Lipinski definition) is 0. The van der Waals surface area contributed by atoms with Crippen molar-refractivity contribution in [2.24, 2.45) is 0 Å². The fourth-order valence-corrected chi connectivity index (χ4v) is 2.64. The maximum absolute atomic E-state index is 14.0. The van der Waals surface area contributed by atoms with Gasteiger partial charge in [-0.2, -0.15) is 39.5 Å². The number of nitrogens with zero attached hydrogens (tertiary/aromatic N) is 2. The summed E-state index contributed by atoms with van der Waals surface area (Å²) in [6, 6.07) is 4.10. The van der Waals surface area contributed by atoms with Crippen LogP contribution in [0.5, 0.6) is 0 Å². The van der Waals surface area contributed by atoms with Crippen LogP contribution in [0.25, 0.3) is 11.0 Å². The first-order chi connectivity index (χ1) is 11.1.